The number of hydrogen-bond donors (Lipinski definition) is 0. The number of nitrogens with zero attached hydrogens (tertiary/aromatic N) is 1. The first-order valence-corrected chi connectivity index (χ1v) is 10.2. The van der Waals surface area contributed by atoms with Gasteiger partial charge >= 0.3 is 0 Å². The molecule has 0 atom stereocenters. The van der Waals surface area contributed by atoms with Gasteiger partial charge in [0.25, 0.3) is 0 Å². The van der Waals surface area contributed by atoms with Crippen molar-refractivity contribution in [3.8, 4) is 17.2 Å². The van der Waals surface area contributed by atoms with Crippen molar-refractivity contribution in [1.29, 1.82) is 0 Å². The van der Waals surface area contributed by atoms with Crippen molar-refractivity contribution in [1.82, 2.24) is 0 Å². The average molecular weight is 489 g/mol. The van der Waals surface area contributed by atoms with E-state index in [1.807, 2.05) is 72.9 Å². The van der Waals surface area contributed by atoms with E-state index >= 15 is 0 Å². The second kappa shape index (κ2) is 9.72. The van der Waals surface area contributed by atoms with Crippen LogP contribution in [-0.4, -0.2) is 12.8 Å². The van der Waals surface area contributed by atoms with E-state index in [0.717, 1.165) is 43.9 Å². The molecule has 0 heterocycles. The molecule has 0 radical (unpaired) electrons. The van der Waals surface area contributed by atoms with Crippen molar-refractivity contribution < 1.29 is 9.47 Å². The SMILES string of the molecule is CCCOc1c(Br)cc(C=Nc2ccc(Oc3ccccc3)cc2)cc1Br. The highest BCUT2D eigenvalue weighted by molar-refractivity contribution is 9.11. The third-order valence-corrected chi connectivity index (χ3v) is 4.83. The monoisotopic (exact) mass is 487 g/mol. The van der Waals surface area contributed by atoms with Gasteiger partial charge in [0.05, 0.1) is 21.2 Å². The molecule has 5 heteroatoms. The maximum absolute atomic E-state index is 5.79. The van der Waals surface area contributed by atoms with Gasteiger partial charge in [-0.3, -0.25) is 4.99 Å². The molecular weight excluding hydrogens is 470 g/mol. The van der Waals surface area contributed by atoms with E-state index in [2.05, 4.69) is 43.8 Å². The summed E-state index contributed by atoms with van der Waals surface area (Å²) in [6, 6.07) is 21.4. The van der Waals surface area contributed by atoms with E-state index in [4.69, 9.17) is 9.47 Å². The van der Waals surface area contributed by atoms with Gasteiger partial charge in [0.1, 0.15) is 17.2 Å². The van der Waals surface area contributed by atoms with Gasteiger partial charge in [-0.15, -0.1) is 0 Å². The van der Waals surface area contributed by atoms with Crippen LogP contribution >= 0.6 is 31.9 Å². The summed E-state index contributed by atoms with van der Waals surface area (Å²) in [5.74, 6) is 2.41. The highest BCUT2D eigenvalue weighted by Crippen LogP contribution is 2.34. The molecule has 3 rings (SSSR count). The molecule has 0 bridgehead atoms. The molecule has 0 aromatic heterocycles. The lowest BCUT2D eigenvalue weighted by atomic mass is 10.2. The number of rotatable bonds is 7. The summed E-state index contributed by atoms with van der Waals surface area (Å²) < 4.78 is 13.3. The van der Waals surface area contributed by atoms with Crippen molar-refractivity contribution in [3.63, 3.8) is 0 Å². The third-order valence-electron chi connectivity index (χ3n) is 3.65. The molecule has 0 amide bonds. The van der Waals surface area contributed by atoms with E-state index in [-0.39, 0.29) is 0 Å². The van der Waals surface area contributed by atoms with Gasteiger partial charge in [-0.05, 0) is 92.4 Å². The zero-order valence-electron chi connectivity index (χ0n) is 14.9. The molecule has 138 valence electrons. The van der Waals surface area contributed by atoms with E-state index in [1.165, 1.54) is 0 Å². The Morgan fingerprint density at radius 2 is 1.52 bits per heavy atom. The van der Waals surface area contributed by atoms with Crippen LogP contribution in [0.3, 0.4) is 0 Å². The summed E-state index contributed by atoms with van der Waals surface area (Å²) >= 11 is 7.12. The quantitative estimate of drug-likeness (QED) is 0.321. The summed E-state index contributed by atoms with van der Waals surface area (Å²) in [5, 5.41) is 0. The van der Waals surface area contributed by atoms with Crippen molar-refractivity contribution in [2.45, 2.75) is 13.3 Å². The molecule has 0 saturated heterocycles. The van der Waals surface area contributed by atoms with Crippen LogP contribution in [0.1, 0.15) is 18.9 Å². The minimum Gasteiger partial charge on any atom is -0.491 e. The molecule has 0 aliphatic rings. The predicted octanol–water partition coefficient (Wildman–Crippen LogP) is 7.54. The smallest absolute Gasteiger partial charge is 0.147 e. The number of benzene rings is 3. The highest BCUT2D eigenvalue weighted by atomic mass is 79.9. The third kappa shape index (κ3) is 5.68. The summed E-state index contributed by atoms with van der Waals surface area (Å²) in [6.45, 7) is 2.76. The van der Waals surface area contributed by atoms with E-state index < -0.39 is 0 Å². The van der Waals surface area contributed by atoms with Gasteiger partial charge < -0.3 is 9.47 Å². The maximum Gasteiger partial charge on any atom is 0.147 e. The predicted molar refractivity (Wildman–Crippen MR) is 118 cm³/mol. The lowest BCUT2D eigenvalue weighted by Gasteiger charge is -2.10. The molecule has 3 nitrogen and oxygen atoms in total. The van der Waals surface area contributed by atoms with Crippen molar-refractivity contribution in [2.24, 2.45) is 4.99 Å². The average Bonchev–Trinajstić information content (AvgIpc) is 2.68. The topological polar surface area (TPSA) is 30.8 Å². The molecular formula is C22H19Br2NO2. The van der Waals surface area contributed by atoms with Crippen LogP contribution in [0.15, 0.2) is 80.7 Å². The number of para-hydroxylation sites is 1. The second-order valence-corrected chi connectivity index (χ2v) is 7.54. The van der Waals surface area contributed by atoms with Gasteiger partial charge in [-0.1, -0.05) is 25.1 Å². The lowest BCUT2D eigenvalue weighted by Crippen LogP contribution is -1.97. The summed E-state index contributed by atoms with van der Waals surface area (Å²) in [6.07, 6.45) is 2.79. The lowest BCUT2D eigenvalue weighted by molar-refractivity contribution is 0.313. The Bertz CT molecular complexity index is 886. The van der Waals surface area contributed by atoms with Crippen LogP contribution in [0.25, 0.3) is 0 Å². The Morgan fingerprint density at radius 3 is 2.15 bits per heavy atom. The highest BCUT2D eigenvalue weighted by Gasteiger charge is 2.08. The van der Waals surface area contributed by atoms with Gasteiger partial charge in [0.15, 0.2) is 0 Å². The summed E-state index contributed by atoms with van der Waals surface area (Å²) in [7, 11) is 0. The fourth-order valence-corrected chi connectivity index (χ4v) is 3.82. The molecule has 0 saturated carbocycles. The molecule has 0 aliphatic carbocycles. The fraction of sp³-hybridized carbons (Fsp3) is 0.136. The molecule has 0 fully saturated rings. The Labute approximate surface area is 176 Å². The van der Waals surface area contributed by atoms with E-state index in [9.17, 15) is 0 Å². The van der Waals surface area contributed by atoms with Gasteiger partial charge in [0, 0.05) is 6.21 Å². The molecule has 0 unspecified atom stereocenters. The van der Waals surface area contributed by atoms with Crippen LogP contribution in [-0.2, 0) is 0 Å². The Hall–Kier alpha value is -2.11. The first-order valence-electron chi connectivity index (χ1n) is 8.64. The Balaban J connectivity index is 1.69. The number of ether oxygens (including phenoxy) is 2. The zero-order chi connectivity index (χ0) is 19.1. The fourth-order valence-electron chi connectivity index (χ4n) is 2.37. The molecule has 3 aromatic carbocycles. The molecule has 0 spiro atoms. The van der Waals surface area contributed by atoms with Gasteiger partial charge in [0.2, 0.25) is 0 Å². The number of aliphatic imine (C=N–C) groups is 1. The van der Waals surface area contributed by atoms with Gasteiger partial charge in [-0.25, -0.2) is 0 Å². The number of halogens is 2. The van der Waals surface area contributed by atoms with Crippen molar-refractivity contribution in [2.75, 3.05) is 6.61 Å². The minimum absolute atomic E-state index is 0.683. The molecule has 3 aromatic rings. The maximum atomic E-state index is 5.79. The standard InChI is InChI=1S/C22H19Br2NO2/c1-2-12-26-22-20(23)13-16(14-21(22)24)15-25-17-8-10-19(11-9-17)27-18-6-4-3-5-7-18/h3-11,13-15H,2,12H2,1H3. The second-order valence-electron chi connectivity index (χ2n) is 5.83. The van der Waals surface area contributed by atoms with E-state index in [0.29, 0.717) is 6.61 Å². The summed E-state index contributed by atoms with van der Waals surface area (Å²) in [4.78, 5) is 4.54. The largest absolute Gasteiger partial charge is 0.491 e. The Kier molecular flexibility index (Phi) is 7.07. The minimum atomic E-state index is 0.683. The Morgan fingerprint density at radius 1 is 0.889 bits per heavy atom. The van der Waals surface area contributed by atoms with Crippen LogP contribution < -0.4 is 9.47 Å². The molecule has 0 aliphatic heterocycles. The van der Waals surface area contributed by atoms with Crippen LogP contribution in [0.4, 0.5) is 5.69 Å². The van der Waals surface area contributed by atoms with E-state index in [1.54, 1.807) is 0 Å². The normalized spacial score (nSPS) is 10.9. The van der Waals surface area contributed by atoms with Crippen LogP contribution in [0, 0.1) is 0 Å². The summed E-state index contributed by atoms with van der Waals surface area (Å²) in [5.41, 5.74) is 1.83. The van der Waals surface area contributed by atoms with Crippen molar-refractivity contribution >= 4 is 43.8 Å². The first-order chi connectivity index (χ1) is 13.2. The van der Waals surface area contributed by atoms with Crippen LogP contribution in [0.2, 0.25) is 0 Å². The molecule has 0 N–H and O–H groups in total. The molecule has 27 heavy (non-hydrogen) atoms. The zero-order valence-corrected chi connectivity index (χ0v) is 18.0. The first kappa shape index (κ1) is 19.6. The number of hydrogen-bond acceptors (Lipinski definition) is 3. The van der Waals surface area contributed by atoms with Crippen molar-refractivity contribution in [3.05, 3.63) is 81.2 Å². The van der Waals surface area contributed by atoms with Gasteiger partial charge in [-0.2, -0.15) is 0 Å². The van der Waals surface area contributed by atoms with Crippen LogP contribution in [0.5, 0.6) is 17.2 Å².